The first kappa shape index (κ1) is 20.4. The van der Waals surface area contributed by atoms with Gasteiger partial charge in [-0.15, -0.1) is 0 Å². The summed E-state index contributed by atoms with van der Waals surface area (Å²) in [5, 5.41) is 14.3. The van der Waals surface area contributed by atoms with Gasteiger partial charge in [0.2, 0.25) is 0 Å². The zero-order chi connectivity index (χ0) is 22.3. The molecule has 0 atom stereocenters. The molecule has 0 N–H and O–H groups in total. The van der Waals surface area contributed by atoms with Crippen LogP contribution in [0.3, 0.4) is 0 Å². The quantitative estimate of drug-likeness (QED) is 0.489. The van der Waals surface area contributed by atoms with Gasteiger partial charge in [0.05, 0.1) is 29.5 Å². The second-order valence-corrected chi connectivity index (χ2v) is 9.12. The van der Waals surface area contributed by atoms with Gasteiger partial charge in [-0.2, -0.15) is 10.4 Å². The molecule has 156 valence electrons. The zero-order valence-corrected chi connectivity index (χ0v) is 17.8. The van der Waals surface area contributed by atoms with E-state index in [1.165, 1.54) is 23.9 Å². The Kier molecular flexibility index (Phi) is 4.87. The van der Waals surface area contributed by atoms with E-state index < -0.39 is 9.84 Å². The fourth-order valence-electron chi connectivity index (χ4n) is 3.46. The number of aryl methyl sites for hydroxylation is 1. The van der Waals surface area contributed by atoms with Crippen molar-refractivity contribution >= 4 is 20.6 Å². The summed E-state index contributed by atoms with van der Waals surface area (Å²) in [6, 6.07) is 11.9. The van der Waals surface area contributed by atoms with Gasteiger partial charge in [0.15, 0.2) is 9.84 Å². The number of methoxy groups -OCH3 is 1. The first-order valence-electron chi connectivity index (χ1n) is 9.20. The zero-order valence-electron chi connectivity index (χ0n) is 17.0. The van der Waals surface area contributed by atoms with Gasteiger partial charge in [-0.1, -0.05) is 0 Å². The normalized spacial score (nSPS) is 11.4. The molecule has 9 heteroatoms. The van der Waals surface area contributed by atoms with Gasteiger partial charge in [-0.05, 0) is 41.8 Å². The molecule has 0 saturated heterocycles. The third-order valence-corrected chi connectivity index (χ3v) is 6.14. The predicted molar refractivity (Wildman–Crippen MR) is 116 cm³/mol. The topological polar surface area (TPSA) is 107 Å². The molecule has 2 aromatic heterocycles. The third-order valence-electron chi connectivity index (χ3n) is 5.03. The van der Waals surface area contributed by atoms with Crippen LogP contribution in [0.4, 0.5) is 0 Å². The number of pyridine rings is 1. The SMILES string of the molecule is COc1ccc(S(C)(=O)=O)cc1-c1cn(C)c(=O)c2ccc(-n3cc(C#N)cn3)cc12. The number of sulfone groups is 1. The molecule has 0 spiro atoms. The van der Waals surface area contributed by atoms with E-state index in [-0.39, 0.29) is 10.5 Å². The number of ether oxygens (including phenoxy) is 1. The molecule has 2 heterocycles. The molecule has 2 aromatic carbocycles. The van der Waals surface area contributed by atoms with Crippen molar-refractivity contribution in [2.45, 2.75) is 4.90 Å². The van der Waals surface area contributed by atoms with Crippen LogP contribution in [0.15, 0.2) is 64.7 Å². The summed E-state index contributed by atoms with van der Waals surface area (Å²) in [6.07, 6.45) is 5.84. The number of hydrogen-bond acceptors (Lipinski definition) is 6. The molecule has 0 saturated carbocycles. The molecule has 0 aliphatic carbocycles. The molecular weight excluding hydrogens is 416 g/mol. The minimum absolute atomic E-state index is 0.146. The van der Waals surface area contributed by atoms with E-state index in [1.807, 2.05) is 6.07 Å². The number of hydrogen-bond donors (Lipinski definition) is 0. The van der Waals surface area contributed by atoms with Crippen LogP contribution >= 0.6 is 0 Å². The molecule has 0 bridgehead atoms. The van der Waals surface area contributed by atoms with Crippen molar-refractivity contribution in [2.24, 2.45) is 7.05 Å². The van der Waals surface area contributed by atoms with Gasteiger partial charge in [-0.3, -0.25) is 4.79 Å². The Hall–Kier alpha value is -3.90. The lowest BCUT2D eigenvalue weighted by Gasteiger charge is -2.15. The first-order chi connectivity index (χ1) is 14.7. The number of rotatable bonds is 4. The van der Waals surface area contributed by atoms with Gasteiger partial charge >= 0.3 is 0 Å². The summed E-state index contributed by atoms with van der Waals surface area (Å²) in [4.78, 5) is 12.9. The average Bonchev–Trinajstić information content (AvgIpc) is 3.24. The summed E-state index contributed by atoms with van der Waals surface area (Å²) < 4.78 is 32.8. The van der Waals surface area contributed by atoms with Crippen molar-refractivity contribution in [1.82, 2.24) is 14.3 Å². The monoisotopic (exact) mass is 434 g/mol. The third kappa shape index (κ3) is 3.58. The Morgan fingerprint density at radius 2 is 1.84 bits per heavy atom. The summed E-state index contributed by atoms with van der Waals surface area (Å²) in [5.74, 6) is 0.476. The Balaban J connectivity index is 2.06. The van der Waals surface area contributed by atoms with Crippen LogP contribution in [0.2, 0.25) is 0 Å². The lowest BCUT2D eigenvalue weighted by molar-refractivity contribution is 0.416. The lowest BCUT2D eigenvalue weighted by atomic mass is 9.99. The van der Waals surface area contributed by atoms with E-state index in [2.05, 4.69) is 5.10 Å². The average molecular weight is 434 g/mol. The van der Waals surface area contributed by atoms with Crippen LogP contribution in [0.1, 0.15) is 5.56 Å². The fourth-order valence-corrected chi connectivity index (χ4v) is 4.11. The number of fused-ring (bicyclic) bond motifs is 1. The van der Waals surface area contributed by atoms with Crippen molar-refractivity contribution in [2.75, 3.05) is 13.4 Å². The van der Waals surface area contributed by atoms with Gasteiger partial charge < -0.3 is 9.30 Å². The lowest BCUT2D eigenvalue weighted by Crippen LogP contribution is -2.17. The second kappa shape index (κ2) is 7.41. The molecule has 4 rings (SSSR count). The number of nitrogens with zero attached hydrogens (tertiary/aromatic N) is 4. The van der Waals surface area contributed by atoms with Crippen LogP contribution in [-0.4, -0.2) is 36.1 Å². The van der Waals surface area contributed by atoms with Crippen LogP contribution in [0, 0.1) is 11.3 Å². The second-order valence-electron chi connectivity index (χ2n) is 7.11. The summed E-state index contributed by atoms with van der Waals surface area (Å²) in [7, 11) is -0.311. The van der Waals surface area contributed by atoms with Gasteiger partial charge in [0.25, 0.3) is 5.56 Å². The van der Waals surface area contributed by atoms with Crippen LogP contribution in [0.25, 0.3) is 27.6 Å². The highest BCUT2D eigenvalue weighted by Gasteiger charge is 2.17. The minimum atomic E-state index is -3.45. The maximum absolute atomic E-state index is 12.8. The highest BCUT2D eigenvalue weighted by Crippen LogP contribution is 2.36. The smallest absolute Gasteiger partial charge is 0.258 e. The van der Waals surface area contributed by atoms with Crippen molar-refractivity contribution < 1.29 is 13.2 Å². The molecule has 0 radical (unpaired) electrons. The molecule has 0 amide bonds. The molecular formula is C22H18N4O4S. The Bertz CT molecular complexity index is 1540. The summed E-state index contributed by atoms with van der Waals surface area (Å²) in [6.45, 7) is 0. The van der Waals surface area contributed by atoms with Crippen molar-refractivity contribution in [1.29, 1.82) is 5.26 Å². The number of nitriles is 1. The minimum Gasteiger partial charge on any atom is -0.496 e. The molecule has 8 nitrogen and oxygen atoms in total. The number of aromatic nitrogens is 3. The molecule has 0 unspecified atom stereocenters. The van der Waals surface area contributed by atoms with E-state index >= 15 is 0 Å². The molecule has 0 fully saturated rings. The van der Waals surface area contributed by atoms with E-state index in [0.717, 1.165) is 6.26 Å². The van der Waals surface area contributed by atoms with Crippen LogP contribution in [0.5, 0.6) is 5.75 Å². The highest BCUT2D eigenvalue weighted by molar-refractivity contribution is 7.90. The van der Waals surface area contributed by atoms with Crippen LogP contribution in [-0.2, 0) is 16.9 Å². The predicted octanol–water partition coefficient (Wildman–Crippen LogP) is 2.67. The van der Waals surface area contributed by atoms with Crippen molar-refractivity contribution in [3.63, 3.8) is 0 Å². The summed E-state index contributed by atoms with van der Waals surface area (Å²) in [5.41, 5.74) is 2.05. The van der Waals surface area contributed by atoms with Crippen molar-refractivity contribution in [3.05, 3.63) is 70.9 Å². The van der Waals surface area contributed by atoms with Gasteiger partial charge in [0.1, 0.15) is 11.8 Å². The maximum atomic E-state index is 12.8. The highest BCUT2D eigenvalue weighted by atomic mass is 32.2. The van der Waals surface area contributed by atoms with Crippen LogP contribution < -0.4 is 10.3 Å². The fraction of sp³-hybridized carbons (Fsp3) is 0.136. The Morgan fingerprint density at radius 3 is 2.48 bits per heavy atom. The van der Waals surface area contributed by atoms with Crippen molar-refractivity contribution in [3.8, 4) is 28.6 Å². The Labute approximate surface area is 178 Å². The van der Waals surface area contributed by atoms with Gasteiger partial charge in [0, 0.05) is 42.2 Å². The first-order valence-corrected chi connectivity index (χ1v) is 11.1. The largest absolute Gasteiger partial charge is 0.496 e. The Morgan fingerprint density at radius 1 is 1.06 bits per heavy atom. The molecule has 31 heavy (non-hydrogen) atoms. The maximum Gasteiger partial charge on any atom is 0.258 e. The molecule has 0 aliphatic rings. The van der Waals surface area contributed by atoms with Gasteiger partial charge in [-0.25, -0.2) is 13.1 Å². The van der Waals surface area contributed by atoms with E-state index in [0.29, 0.717) is 38.9 Å². The van der Waals surface area contributed by atoms with E-state index in [4.69, 9.17) is 10.00 Å². The molecule has 0 aliphatic heterocycles. The molecule has 4 aromatic rings. The number of benzene rings is 2. The summed E-state index contributed by atoms with van der Waals surface area (Å²) >= 11 is 0. The van der Waals surface area contributed by atoms with E-state index in [9.17, 15) is 13.2 Å². The standard InChI is InChI=1S/C22H18N4O4S/c1-25-13-20(19-9-16(31(3,28)29)5-7-21(19)30-2)18-8-15(4-6-17(18)22(25)27)26-12-14(10-23)11-24-26/h4-9,11-13H,1-3H3. The van der Waals surface area contributed by atoms with E-state index in [1.54, 1.807) is 54.5 Å².